The van der Waals surface area contributed by atoms with Crippen molar-refractivity contribution in [2.75, 3.05) is 11.9 Å². The summed E-state index contributed by atoms with van der Waals surface area (Å²) in [7, 11) is 0. The van der Waals surface area contributed by atoms with Gasteiger partial charge in [0.25, 0.3) is 5.91 Å². The van der Waals surface area contributed by atoms with Crippen molar-refractivity contribution in [1.29, 1.82) is 0 Å². The highest BCUT2D eigenvalue weighted by molar-refractivity contribution is 6.04. The molecule has 0 spiro atoms. The Hall–Kier alpha value is -2.29. The number of ether oxygens (including phenoxy) is 1. The van der Waals surface area contributed by atoms with E-state index in [2.05, 4.69) is 5.32 Å². The monoisotopic (exact) mass is 281 g/mol. The third-order valence-electron chi connectivity index (χ3n) is 3.69. The summed E-state index contributed by atoms with van der Waals surface area (Å²) >= 11 is 0. The van der Waals surface area contributed by atoms with Gasteiger partial charge in [0, 0.05) is 11.3 Å². The van der Waals surface area contributed by atoms with E-state index in [1.807, 2.05) is 43.3 Å². The SMILES string of the molecule is Cc1ccccc1NC(=O)c1ccc(OCC2CC2)cc1. The third kappa shape index (κ3) is 3.63. The Labute approximate surface area is 124 Å². The lowest BCUT2D eigenvalue weighted by atomic mass is 10.1. The summed E-state index contributed by atoms with van der Waals surface area (Å²) in [4.78, 5) is 12.2. The summed E-state index contributed by atoms with van der Waals surface area (Å²) in [6, 6.07) is 15.1. The zero-order chi connectivity index (χ0) is 14.7. The minimum atomic E-state index is -0.0990. The quantitative estimate of drug-likeness (QED) is 0.898. The van der Waals surface area contributed by atoms with Gasteiger partial charge in [0.2, 0.25) is 0 Å². The molecule has 2 aromatic carbocycles. The van der Waals surface area contributed by atoms with Crippen LogP contribution in [0, 0.1) is 12.8 Å². The molecule has 1 aliphatic rings. The van der Waals surface area contributed by atoms with Gasteiger partial charge in [-0.25, -0.2) is 0 Å². The molecular weight excluding hydrogens is 262 g/mol. The first-order valence-electron chi connectivity index (χ1n) is 7.32. The molecule has 0 atom stereocenters. The van der Waals surface area contributed by atoms with E-state index in [4.69, 9.17) is 4.74 Å². The molecule has 1 aliphatic carbocycles. The number of hydrogen-bond acceptors (Lipinski definition) is 2. The zero-order valence-corrected chi connectivity index (χ0v) is 12.1. The van der Waals surface area contributed by atoms with Gasteiger partial charge in [0.15, 0.2) is 0 Å². The van der Waals surface area contributed by atoms with Crippen molar-refractivity contribution in [3.63, 3.8) is 0 Å². The van der Waals surface area contributed by atoms with E-state index in [0.29, 0.717) is 5.56 Å². The van der Waals surface area contributed by atoms with Crippen LogP contribution in [0.5, 0.6) is 5.75 Å². The highest BCUT2D eigenvalue weighted by Crippen LogP contribution is 2.29. The van der Waals surface area contributed by atoms with E-state index < -0.39 is 0 Å². The van der Waals surface area contributed by atoms with Gasteiger partial charge in [-0.2, -0.15) is 0 Å². The lowest BCUT2D eigenvalue weighted by molar-refractivity contribution is 0.102. The molecule has 3 heteroatoms. The molecule has 0 aliphatic heterocycles. The summed E-state index contributed by atoms with van der Waals surface area (Å²) in [5.74, 6) is 1.46. The molecule has 1 fully saturated rings. The smallest absolute Gasteiger partial charge is 0.255 e. The Bertz CT molecular complexity index is 630. The summed E-state index contributed by atoms with van der Waals surface area (Å²) in [5, 5.41) is 2.93. The Morgan fingerprint density at radius 2 is 1.86 bits per heavy atom. The Morgan fingerprint density at radius 3 is 2.52 bits per heavy atom. The average molecular weight is 281 g/mol. The molecule has 3 rings (SSSR count). The van der Waals surface area contributed by atoms with Crippen LogP contribution in [-0.2, 0) is 0 Å². The molecule has 1 amide bonds. The van der Waals surface area contributed by atoms with Crippen LogP contribution >= 0.6 is 0 Å². The minimum Gasteiger partial charge on any atom is -0.493 e. The highest BCUT2D eigenvalue weighted by atomic mass is 16.5. The fraction of sp³-hybridized carbons (Fsp3) is 0.278. The Balaban J connectivity index is 1.62. The number of amides is 1. The van der Waals surface area contributed by atoms with Gasteiger partial charge in [0.1, 0.15) is 5.75 Å². The van der Waals surface area contributed by atoms with Gasteiger partial charge >= 0.3 is 0 Å². The molecule has 0 saturated heterocycles. The lowest BCUT2D eigenvalue weighted by Crippen LogP contribution is -2.12. The van der Waals surface area contributed by atoms with Crippen LogP contribution in [0.1, 0.15) is 28.8 Å². The van der Waals surface area contributed by atoms with Crippen LogP contribution in [0.25, 0.3) is 0 Å². The van der Waals surface area contributed by atoms with Crippen LogP contribution in [0.2, 0.25) is 0 Å². The molecule has 1 N–H and O–H groups in total. The minimum absolute atomic E-state index is 0.0990. The standard InChI is InChI=1S/C18H19NO2/c1-13-4-2-3-5-17(13)19-18(20)15-8-10-16(11-9-15)21-12-14-6-7-14/h2-5,8-11,14H,6-7,12H2,1H3,(H,19,20). The Morgan fingerprint density at radius 1 is 1.14 bits per heavy atom. The van der Waals surface area contributed by atoms with E-state index in [-0.39, 0.29) is 5.91 Å². The van der Waals surface area contributed by atoms with Gasteiger partial charge in [-0.15, -0.1) is 0 Å². The second-order valence-corrected chi connectivity index (χ2v) is 5.55. The third-order valence-corrected chi connectivity index (χ3v) is 3.69. The predicted molar refractivity (Wildman–Crippen MR) is 83.8 cm³/mol. The molecule has 2 aromatic rings. The second-order valence-electron chi connectivity index (χ2n) is 5.55. The number of carbonyl (C=O) groups is 1. The summed E-state index contributed by atoms with van der Waals surface area (Å²) < 4.78 is 5.67. The van der Waals surface area contributed by atoms with Crippen molar-refractivity contribution in [2.45, 2.75) is 19.8 Å². The van der Waals surface area contributed by atoms with Crippen molar-refractivity contribution in [2.24, 2.45) is 5.92 Å². The number of aryl methyl sites for hydroxylation is 1. The molecule has 0 heterocycles. The first-order valence-corrected chi connectivity index (χ1v) is 7.32. The van der Waals surface area contributed by atoms with Crippen LogP contribution in [0.15, 0.2) is 48.5 Å². The number of anilines is 1. The normalized spacial score (nSPS) is 13.8. The molecule has 0 unspecified atom stereocenters. The van der Waals surface area contributed by atoms with Crippen LogP contribution in [-0.4, -0.2) is 12.5 Å². The van der Waals surface area contributed by atoms with Gasteiger partial charge in [-0.3, -0.25) is 4.79 Å². The fourth-order valence-electron chi connectivity index (χ4n) is 2.11. The first kappa shape index (κ1) is 13.7. The fourth-order valence-corrected chi connectivity index (χ4v) is 2.11. The van der Waals surface area contributed by atoms with Crippen LogP contribution in [0.3, 0.4) is 0 Å². The van der Waals surface area contributed by atoms with E-state index in [1.165, 1.54) is 12.8 Å². The molecule has 0 bridgehead atoms. The molecule has 3 nitrogen and oxygen atoms in total. The van der Waals surface area contributed by atoms with Crippen molar-refractivity contribution >= 4 is 11.6 Å². The summed E-state index contributed by atoms with van der Waals surface area (Å²) in [5.41, 5.74) is 2.53. The number of nitrogens with one attached hydrogen (secondary N) is 1. The molecule has 21 heavy (non-hydrogen) atoms. The topological polar surface area (TPSA) is 38.3 Å². The lowest BCUT2D eigenvalue weighted by Gasteiger charge is -2.09. The second kappa shape index (κ2) is 6.00. The van der Waals surface area contributed by atoms with E-state index >= 15 is 0 Å². The number of benzene rings is 2. The Kier molecular flexibility index (Phi) is 3.91. The molecule has 0 radical (unpaired) electrons. The van der Waals surface area contributed by atoms with E-state index in [0.717, 1.165) is 29.5 Å². The maximum absolute atomic E-state index is 12.2. The number of hydrogen-bond donors (Lipinski definition) is 1. The van der Waals surface area contributed by atoms with E-state index in [9.17, 15) is 4.79 Å². The molecule has 1 saturated carbocycles. The summed E-state index contributed by atoms with van der Waals surface area (Å²) in [6.45, 7) is 2.76. The van der Waals surface area contributed by atoms with E-state index in [1.54, 1.807) is 12.1 Å². The zero-order valence-electron chi connectivity index (χ0n) is 12.1. The van der Waals surface area contributed by atoms with Gasteiger partial charge in [-0.05, 0) is 61.6 Å². The van der Waals surface area contributed by atoms with Crippen molar-refractivity contribution in [1.82, 2.24) is 0 Å². The average Bonchev–Trinajstić information content (AvgIpc) is 3.32. The van der Waals surface area contributed by atoms with Gasteiger partial charge in [-0.1, -0.05) is 18.2 Å². The number of carbonyl (C=O) groups excluding carboxylic acids is 1. The summed E-state index contributed by atoms with van der Waals surface area (Å²) in [6.07, 6.45) is 2.55. The number of para-hydroxylation sites is 1. The maximum Gasteiger partial charge on any atom is 0.255 e. The number of rotatable bonds is 5. The largest absolute Gasteiger partial charge is 0.493 e. The maximum atomic E-state index is 12.2. The predicted octanol–water partition coefficient (Wildman–Crippen LogP) is 4.04. The van der Waals surface area contributed by atoms with Crippen molar-refractivity contribution < 1.29 is 9.53 Å². The van der Waals surface area contributed by atoms with Crippen LogP contribution < -0.4 is 10.1 Å². The van der Waals surface area contributed by atoms with Crippen molar-refractivity contribution in [3.05, 3.63) is 59.7 Å². The molecular formula is C18H19NO2. The van der Waals surface area contributed by atoms with Crippen LogP contribution in [0.4, 0.5) is 5.69 Å². The first-order chi connectivity index (χ1) is 10.2. The van der Waals surface area contributed by atoms with Gasteiger partial charge < -0.3 is 10.1 Å². The van der Waals surface area contributed by atoms with Crippen molar-refractivity contribution in [3.8, 4) is 5.75 Å². The molecule has 0 aromatic heterocycles. The van der Waals surface area contributed by atoms with Gasteiger partial charge in [0.05, 0.1) is 6.61 Å². The highest BCUT2D eigenvalue weighted by Gasteiger charge is 2.21. The molecule has 108 valence electrons.